The lowest BCUT2D eigenvalue weighted by Crippen LogP contribution is -2.28. The van der Waals surface area contributed by atoms with Gasteiger partial charge in [0.05, 0.1) is 12.3 Å². The van der Waals surface area contributed by atoms with E-state index in [0.717, 1.165) is 5.56 Å². The lowest BCUT2D eigenvalue weighted by atomic mass is 10.1. The van der Waals surface area contributed by atoms with Crippen LogP contribution in [-0.4, -0.2) is 38.4 Å². The van der Waals surface area contributed by atoms with Crippen LogP contribution in [0.4, 0.5) is 4.39 Å². The van der Waals surface area contributed by atoms with Gasteiger partial charge in [0.2, 0.25) is 15.9 Å². The normalized spacial score (nSPS) is 11.3. The predicted octanol–water partition coefficient (Wildman–Crippen LogP) is 3.80. The molecule has 30 heavy (non-hydrogen) atoms. The van der Waals surface area contributed by atoms with E-state index in [4.69, 9.17) is 9.47 Å². The molecular formula is C20H19BrFN3O4S. The quantitative estimate of drug-likeness (QED) is 0.454. The third-order valence-electron chi connectivity index (χ3n) is 3.92. The maximum Gasteiger partial charge on any atom is 0.244 e. The molecule has 0 saturated carbocycles. The molecule has 0 amide bonds. The molecule has 0 bridgehead atoms. The number of rotatable bonds is 9. The van der Waals surface area contributed by atoms with E-state index in [2.05, 4.69) is 30.8 Å². The van der Waals surface area contributed by atoms with Gasteiger partial charge in [0.1, 0.15) is 23.1 Å². The number of nitrogens with one attached hydrogen (secondary N) is 1. The molecule has 2 aromatic carbocycles. The zero-order valence-corrected chi connectivity index (χ0v) is 18.4. The Kier molecular flexibility index (Phi) is 7.35. The van der Waals surface area contributed by atoms with Crippen molar-refractivity contribution in [2.75, 3.05) is 19.8 Å². The summed E-state index contributed by atoms with van der Waals surface area (Å²) in [5, 5.41) is 7.99. The number of nitrogens with zero attached hydrogens (tertiary/aromatic N) is 2. The van der Waals surface area contributed by atoms with Gasteiger partial charge < -0.3 is 9.47 Å². The molecule has 0 unspecified atom stereocenters. The van der Waals surface area contributed by atoms with E-state index in [1.54, 1.807) is 43.3 Å². The van der Waals surface area contributed by atoms with Gasteiger partial charge in [0.15, 0.2) is 0 Å². The molecule has 0 fully saturated rings. The maximum atomic E-state index is 13.0. The molecule has 1 N–H and O–H groups in total. The Labute approximate surface area is 182 Å². The average Bonchev–Trinajstić information content (AvgIpc) is 2.74. The predicted molar refractivity (Wildman–Crippen MR) is 113 cm³/mol. The van der Waals surface area contributed by atoms with Crippen LogP contribution in [0.3, 0.4) is 0 Å². The Morgan fingerprint density at radius 1 is 1.03 bits per heavy atom. The monoisotopic (exact) mass is 495 g/mol. The minimum absolute atomic E-state index is 0.0296. The summed E-state index contributed by atoms with van der Waals surface area (Å²) in [5.74, 6) is 0.194. The summed E-state index contributed by atoms with van der Waals surface area (Å²) in [5.41, 5.74) is 1.29. The van der Waals surface area contributed by atoms with Crippen molar-refractivity contribution < 1.29 is 22.3 Å². The van der Waals surface area contributed by atoms with Gasteiger partial charge in [-0.15, -0.1) is 10.2 Å². The molecule has 0 aliphatic heterocycles. The van der Waals surface area contributed by atoms with E-state index < -0.39 is 10.0 Å². The average molecular weight is 496 g/mol. The summed E-state index contributed by atoms with van der Waals surface area (Å²) >= 11 is 3.27. The third-order valence-corrected chi connectivity index (χ3v) is 5.89. The highest BCUT2D eigenvalue weighted by atomic mass is 79.9. The topological polar surface area (TPSA) is 90.4 Å². The highest BCUT2D eigenvalue weighted by molar-refractivity contribution is 9.10. The number of sulfonamides is 1. The number of ether oxygens (including phenoxy) is 2. The Bertz CT molecular complexity index is 1090. The van der Waals surface area contributed by atoms with Crippen molar-refractivity contribution >= 4 is 26.0 Å². The SMILES string of the molecule is CCOc1ccc(Br)cc1S(=O)(=O)NCCOc1ccc(-c2ccc(F)cc2)nn1. The Hall–Kier alpha value is -2.56. The minimum atomic E-state index is -3.79. The van der Waals surface area contributed by atoms with Crippen LogP contribution < -0.4 is 14.2 Å². The Morgan fingerprint density at radius 2 is 1.80 bits per heavy atom. The third kappa shape index (κ3) is 5.74. The van der Waals surface area contributed by atoms with Crippen molar-refractivity contribution in [1.29, 1.82) is 0 Å². The van der Waals surface area contributed by atoms with E-state index in [1.807, 2.05) is 0 Å². The number of benzene rings is 2. The lowest BCUT2D eigenvalue weighted by Gasteiger charge is -2.12. The molecule has 10 heteroatoms. The van der Waals surface area contributed by atoms with E-state index in [1.165, 1.54) is 18.2 Å². The van der Waals surface area contributed by atoms with Crippen LogP contribution in [0.1, 0.15) is 6.92 Å². The summed E-state index contributed by atoms with van der Waals surface area (Å²) in [7, 11) is -3.79. The standard InChI is InChI=1S/C20H19BrFN3O4S/c1-2-28-18-9-5-15(21)13-19(18)30(26,27)23-11-12-29-20-10-8-17(24-25-20)14-3-6-16(22)7-4-14/h3-10,13,23H,2,11-12H2,1H3. The van der Waals surface area contributed by atoms with E-state index in [0.29, 0.717) is 16.8 Å². The second-order valence-electron chi connectivity index (χ2n) is 6.03. The Balaban J connectivity index is 1.57. The molecular weight excluding hydrogens is 477 g/mol. The van der Waals surface area contributed by atoms with Crippen LogP contribution in [0, 0.1) is 5.82 Å². The van der Waals surface area contributed by atoms with Gasteiger partial charge in [-0.3, -0.25) is 0 Å². The van der Waals surface area contributed by atoms with Gasteiger partial charge in [-0.2, -0.15) is 0 Å². The first kappa shape index (κ1) is 22.1. The van der Waals surface area contributed by atoms with E-state index in [9.17, 15) is 12.8 Å². The van der Waals surface area contributed by atoms with Crippen LogP contribution in [0.2, 0.25) is 0 Å². The molecule has 158 valence electrons. The fourth-order valence-corrected chi connectivity index (χ4v) is 4.24. The minimum Gasteiger partial charge on any atom is -0.492 e. The van der Waals surface area contributed by atoms with Gasteiger partial charge in [0, 0.05) is 22.6 Å². The number of aromatic nitrogens is 2. The molecule has 0 spiro atoms. The van der Waals surface area contributed by atoms with Crippen LogP contribution in [-0.2, 0) is 10.0 Å². The number of halogens is 2. The molecule has 0 atom stereocenters. The van der Waals surface area contributed by atoms with E-state index >= 15 is 0 Å². The van der Waals surface area contributed by atoms with Crippen molar-refractivity contribution in [2.45, 2.75) is 11.8 Å². The zero-order valence-electron chi connectivity index (χ0n) is 16.0. The van der Waals surface area contributed by atoms with Crippen LogP contribution in [0.5, 0.6) is 11.6 Å². The zero-order chi connectivity index (χ0) is 21.6. The van der Waals surface area contributed by atoms with Gasteiger partial charge in [-0.05, 0) is 55.5 Å². The summed E-state index contributed by atoms with van der Waals surface area (Å²) in [6.45, 7) is 2.21. The van der Waals surface area contributed by atoms with E-state index in [-0.39, 0.29) is 35.5 Å². The van der Waals surface area contributed by atoms with Crippen LogP contribution in [0.25, 0.3) is 11.3 Å². The lowest BCUT2D eigenvalue weighted by molar-refractivity contribution is 0.306. The van der Waals surface area contributed by atoms with Crippen LogP contribution in [0.15, 0.2) is 64.0 Å². The largest absolute Gasteiger partial charge is 0.492 e. The van der Waals surface area contributed by atoms with Crippen molar-refractivity contribution in [3.05, 3.63) is 64.9 Å². The highest BCUT2D eigenvalue weighted by Crippen LogP contribution is 2.27. The molecule has 1 aromatic heterocycles. The molecule has 0 radical (unpaired) electrons. The number of hydrogen-bond acceptors (Lipinski definition) is 6. The summed E-state index contributed by atoms with van der Waals surface area (Å²) in [6, 6.07) is 14.0. The second-order valence-corrected chi connectivity index (χ2v) is 8.69. The number of hydrogen-bond donors (Lipinski definition) is 1. The maximum absolute atomic E-state index is 13.0. The summed E-state index contributed by atoms with van der Waals surface area (Å²) in [4.78, 5) is 0.0437. The van der Waals surface area contributed by atoms with Crippen molar-refractivity contribution in [3.8, 4) is 22.9 Å². The molecule has 3 aromatic rings. The molecule has 3 rings (SSSR count). The molecule has 0 saturated heterocycles. The van der Waals surface area contributed by atoms with Crippen molar-refractivity contribution in [1.82, 2.24) is 14.9 Å². The fraction of sp³-hybridized carbons (Fsp3) is 0.200. The van der Waals surface area contributed by atoms with Gasteiger partial charge in [0.25, 0.3) is 0 Å². The molecule has 1 heterocycles. The van der Waals surface area contributed by atoms with Crippen molar-refractivity contribution in [3.63, 3.8) is 0 Å². The first-order chi connectivity index (χ1) is 14.4. The molecule has 0 aliphatic carbocycles. The Morgan fingerprint density at radius 3 is 2.47 bits per heavy atom. The van der Waals surface area contributed by atoms with Crippen LogP contribution >= 0.6 is 15.9 Å². The highest BCUT2D eigenvalue weighted by Gasteiger charge is 2.20. The molecule has 7 nitrogen and oxygen atoms in total. The smallest absolute Gasteiger partial charge is 0.244 e. The summed E-state index contributed by atoms with van der Waals surface area (Å²) < 4.78 is 52.1. The second kappa shape index (κ2) is 9.96. The van der Waals surface area contributed by atoms with Gasteiger partial charge in [-0.25, -0.2) is 17.5 Å². The van der Waals surface area contributed by atoms with Crippen molar-refractivity contribution in [2.24, 2.45) is 0 Å². The van der Waals surface area contributed by atoms with Gasteiger partial charge in [-0.1, -0.05) is 15.9 Å². The first-order valence-electron chi connectivity index (χ1n) is 9.03. The fourth-order valence-electron chi connectivity index (χ4n) is 2.55. The summed E-state index contributed by atoms with van der Waals surface area (Å²) in [6.07, 6.45) is 0. The van der Waals surface area contributed by atoms with Gasteiger partial charge >= 0.3 is 0 Å². The first-order valence-corrected chi connectivity index (χ1v) is 11.3. The molecule has 0 aliphatic rings.